The quantitative estimate of drug-likeness (QED) is 0.739. The van der Waals surface area contributed by atoms with Gasteiger partial charge in [-0.05, 0) is 13.3 Å². The average Bonchev–Trinajstić information content (AvgIpc) is 2.34. The lowest BCUT2D eigenvalue weighted by Crippen LogP contribution is -2.04. The van der Waals surface area contributed by atoms with E-state index in [0.29, 0.717) is 0 Å². The van der Waals surface area contributed by atoms with Crippen molar-refractivity contribution >= 4 is 11.5 Å². The van der Waals surface area contributed by atoms with Gasteiger partial charge < -0.3 is 11.1 Å². The second-order valence-corrected chi connectivity index (χ2v) is 3.11. The molecule has 0 aliphatic rings. The minimum absolute atomic E-state index is 0.797. The first-order valence-corrected chi connectivity index (χ1v) is 4.75. The second-order valence-electron chi connectivity index (χ2n) is 3.11. The van der Waals surface area contributed by atoms with Crippen molar-refractivity contribution in [3.8, 4) is 0 Å². The van der Waals surface area contributed by atoms with Crippen LogP contribution in [0.5, 0.6) is 0 Å². The number of hydrogen-bond donors (Lipinski definition) is 2. The van der Waals surface area contributed by atoms with Crippen molar-refractivity contribution in [2.75, 3.05) is 17.6 Å². The van der Waals surface area contributed by atoms with Gasteiger partial charge in [-0.3, -0.25) is 4.68 Å². The highest BCUT2D eigenvalue weighted by molar-refractivity contribution is 5.64. The molecule has 13 heavy (non-hydrogen) atoms. The lowest BCUT2D eigenvalue weighted by atomic mass is 10.2. The average molecular weight is 182 g/mol. The molecule has 0 spiro atoms. The summed E-state index contributed by atoms with van der Waals surface area (Å²) >= 11 is 0. The molecule has 0 fully saturated rings. The van der Waals surface area contributed by atoms with Gasteiger partial charge in [0.2, 0.25) is 0 Å². The van der Waals surface area contributed by atoms with E-state index in [0.717, 1.165) is 36.6 Å². The molecule has 0 aliphatic heterocycles. The minimum Gasteiger partial charge on any atom is -0.394 e. The van der Waals surface area contributed by atoms with Crippen LogP contribution < -0.4 is 11.1 Å². The van der Waals surface area contributed by atoms with Crippen LogP contribution in [0.3, 0.4) is 0 Å². The Labute approximate surface area is 79.1 Å². The summed E-state index contributed by atoms with van der Waals surface area (Å²) in [7, 11) is 1.91. The molecular formula is C9H18N4. The summed E-state index contributed by atoms with van der Waals surface area (Å²) < 4.78 is 1.81. The summed E-state index contributed by atoms with van der Waals surface area (Å²) in [6, 6.07) is 0. The zero-order chi connectivity index (χ0) is 9.84. The van der Waals surface area contributed by atoms with Gasteiger partial charge in [0.05, 0.1) is 11.4 Å². The van der Waals surface area contributed by atoms with Gasteiger partial charge in [0.1, 0.15) is 5.82 Å². The Balaban J connectivity index is 2.92. The highest BCUT2D eigenvalue weighted by atomic mass is 15.3. The molecule has 0 atom stereocenters. The zero-order valence-electron chi connectivity index (χ0n) is 8.59. The fraction of sp³-hybridized carbons (Fsp3) is 0.667. The Kier molecular flexibility index (Phi) is 3.17. The van der Waals surface area contributed by atoms with Crippen LogP contribution >= 0.6 is 0 Å². The van der Waals surface area contributed by atoms with E-state index in [4.69, 9.17) is 5.73 Å². The first-order valence-electron chi connectivity index (χ1n) is 4.75. The Morgan fingerprint density at radius 2 is 2.15 bits per heavy atom. The molecule has 0 saturated carbocycles. The monoisotopic (exact) mass is 182 g/mol. The Hall–Kier alpha value is -1.19. The van der Waals surface area contributed by atoms with E-state index in [1.165, 1.54) is 0 Å². The van der Waals surface area contributed by atoms with E-state index >= 15 is 0 Å². The van der Waals surface area contributed by atoms with E-state index in [1.807, 2.05) is 18.7 Å². The number of aryl methyl sites for hydroxylation is 2. The fourth-order valence-electron chi connectivity index (χ4n) is 1.39. The maximum absolute atomic E-state index is 5.93. The molecule has 4 heteroatoms. The van der Waals surface area contributed by atoms with Crippen LogP contribution in [0.4, 0.5) is 11.5 Å². The van der Waals surface area contributed by atoms with Gasteiger partial charge in [0, 0.05) is 13.6 Å². The normalized spacial score (nSPS) is 10.4. The number of nitrogen functional groups attached to an aromatic ring is 1. The molecular weight excluding hydrogens is 164 g/mol. The van der Waals surface area contributed by atoms with Gasteiger partial charge in [-0.1, -0.05) is 13.3 Å². The Morgan fingerprint density at radius 1 is 1.46 bits per heavy atom. The fourth-order valence-corrected chi connectivity index (χ4v) is 1.39. The van der Waals surface area contributed by atoms with Gasteiger partial charge in [0.15, 0.2) is 0 Å². The lowest BCUT2D eigenvalue weighted by molar-refractivity contribution is 0.736. The molecule has 0 unspecified atom stereocenters. The first kappa shape index (κ1) is 9.89. The number of nitrogens with two attached hydrogens (primary N) is 1. The van der Waals surface area contributed by atoms with Crippen LogP contribution in [0.25, 0.3) is 0 Å². The highest BCUT2D eigenvalue weighted by Gasteiger charge is 2.10. The molecule has 0 bridgehead atoms. The van der Waals surface area contributed by atoms with Crippen molar-refractivity contribution in [1.29, 1.82) is 0 Å². The topological polar surface area (TPSA) is 55.9 Å². The standard InChI is InChI=1S/C9H18N4/c1-4-6-7-8(10)9(11-5-2)13(3)12-7/h11H,4-6,10H2,1-3H3. The van der Waals surface area contributed by atoms with E-state index in [9.17, 15) is 0 Å². The third kappa shape index (κ3) is 1.94. The Morgan fingerprint density at radius 3 is 2.69 bits per heavy atom. The van der Waals surface area contributed by atoms with E-state index in [-0.39, 0.29) is 0 Å². The summed E-state index contributed by atoms with van der Waals surface area (Å²) in [6.45, 7) is 5.04. The summed E-state index contributed by atoms with van der Waals surface area (Å²) in [4.78, 5) is 0. The van der Waals surface area contributed by atoms with Crippen LogP contribution in [0, 0.1) is 0 Å². The predicted octanol–water partition coefficient (Wildman–Crippen LogP) is 1.39. The molecule has 1 aromatic heterocycles. The molecule has 1 aromatic rings. The van der Waals surface area contributed by atoms with Crippen molar-refractivity contribution in [1.82, 2.24) is 9.78 Å². The van der Waals surface area contributed by atoms with E-state index in [1.54, 1.807) is 0 Å². The third-order valence-electron chi connectivity index (χ3n) is 1.99. The SMILES string of the molecule is CCCc1nn(C)c(NCC)c1N. The number of aromatic nitrogens is 2. The summed E-state index contributed by atoms with van der Waals surface area (Å²) in [5.41, 5.74) is 7.73. The number of nitrogens with one attached hydrogen (secondary N) is 1. The predicted molar refractivity (Wildman–Crippen MR) is 55.8 cm³/mol. The molecule has 4 nitrogen and oxygen atoms in total. The molecule has 1 rings (SSSR count). The van der Waals surface area contributed by atoms with E-state index < -0.39 is 0 Å². The van der Waals surface area contributed by atoms with Gasteiger partial charge in [-0.25, -0.2) is 0 Å². The van der Waals surface area contributed by atoms with Gasteiger partial charge in [-0.2, -0.15) is 5.10 Å². The molecule has 0 aromatic carbocycles. The molecule has 1 heterocycles. The molecule has 0 amide bonds. The number of hydrogen-bond acceptors (Lipinski definition) is 3. The smallest absolute Gasteiger partial charge is 0.147 e. The number of anilines is 2. The van der Waals surface area contributed by atoms with Crippen molar-refractivity contribution < 1.29 is 0 Å². The number of rotatable bonds is 4. The maximum Gasteiger partial charge on any atom is 0.147 e. The van der Waals surface area contributed by atoms with Crippen LogP contribution in [0.2, 0.25) is 0 Å². The zero-order valence-corrected chi connectivity index (χ0v) is 8.59. The van der Waals surface area contributed by atoms with Crippen molar-refractivity contribution in [3.05, 3.63) is 5.69 Å². The largest absolute Gasteiger partial charge is 0.394 e. The maximum atomic E-state index is 5.93. The summed E-state index contributed by atoms with van der Waals surface area (Å²) in [5, 5.41) is 7.55. The molecule has 74 valence electrons. The van der Waals surface area contributed by atoms with E-state index in [2.05, 4.69) is 17.3 Å². The molecule has 0 saturated heterocycles. The van der Waals surface area contributed by atoms with Crippen molar-refractivity contribution in [3.63, 3.8) is 0 Å². The van der Waals surface area contributed by atoms with Gasteiger partial charge in [0.25, 0.3) is 0 Å². The molecule has 0 radical (unpaired) electrons. The van der Waals surface area contributed by atoms with Crippen molar-refractivity contribution in [2.45, 2.75) is 26.7 Å². The van der Waals surface area contributed by atoms with Crippen molar-refractivity contribution in [2.24, 2.45) is 7.05 Å². The molecule has 0 aliphatic carbocycles. The van der Waals surface area contributed by atoms with Crippen LogP contribution in [0.15, 0.2) is 0 Å². The highest BCUT2D eigenvalue weighted by Crippen LogP contribution is 2.22. The number of nitrogens with zero attached hydrogens (tertiary/aromatic N) is 2. The third-order valence-corrected chi connectivity index (χ3v) is 1.99. The molecule has 3 N–H and O–H groups in total. The lowest BCUT2D eigenvalue weighted by Gasteiger charge is -2.03. The van der Waals surface area contributed by atoms with Crippen LogP contribution in [-0.2, 0) is 13.5 Å². The summed E-state index contributed by atoms with van der Waals surface area (Å²) in [5.74, 6) is 0.936. The van der Waals surface area contributed by atoms with Gasteiger partial charge >= 0.3 is 0 Å². The summed E-state index contributed by atoms with van der Waals surface area (Å²) in [6.07, 6.45) is 2.03. The Bertz CT molecular complexity index is 277. The first-order chi connectivity index (χ1) is 6.20. The van der Waals surface area contributed by atoms with Crippen LogP contribution in [0.1, 0.15) is 26.0 Å². The van der Waals surface area contributed by atoms with Crippen LogP contribution in [-0.4, -0.2) is 16.3 Å². The minimum atomic E-state index is 0.797. The second kappa shape index (κ2) is 4.16. The van der Waals surface area contributed by atoms with Gasteiger partial charge in [-0.15, -0.1) is 0 Å².